The molecule has 4 aromatic rings. The van der Waals surface area contributed by atoms with Crippen molar-refractivity contribution in [3.63, 3.8) is 0 Å². The Morgan fingerprint density at radius 2 is 0.841 bits per heavy atom. The fourth-order valence-corrected chi connectivity index (χ4v) is 7.12. The van der Waals surface area contributed by atoms with Crippen LogP contribution in [0.4, 0.5) is 23.8 Å². The Hall–Kier alpha value is -5.16. The molecule has 0 bridgehead atoms. The van der Waals surface area contributed by atoms with Crippen molar-refractivity contribution in [1.29, 1.82) is 0 Å². The van der Waals surface area contributed by atoms with Crippen LogP contribution in [0.3, 0.4) is 0 Å². The number of pyridine rings is 2. The van der Waals surface area contributed by atoms with E-state index in [-0.39, 0.29) is 0 Å². The van der Waals surface area contributed by atoms with Gasteiger partial charge in [0.15, 0.2) is 11.6 Å². The van der Waals surface area contributed by atoms with E-state index >= 15 is 0 Å². The quantitative estimate of drug-likeness (QED) is 0.0551. The minimum Gasteiger partial charge on any atom is -0.445 e. The molecule has 0 unspecified atom stereocenters. The molecule has 5 fully saturated rings. The highest BCUT2D eigenvalue weighted by molar-refractivity contribution is 6.78. The van der Waals surface area contributed by atoms with Crippen molar-refractivity contribution in [3.8, 4) is 23.0 Å². The van der Waals surface area contributed by atoms with Crippen molar-refractivity contribution in [2.75, 3.05) is 21.3 Å². The molecule has 15 nitrogen and oxygen atoms in total. The van der Waals surface area contributed by atoms with Gasteiger partial charge in [0.2, 0.25) is 23.8 Å². The molecule has 19 heteroatoms. The molecule has 328 valence electrons. The van der Waals surface area contributed by atoms with Gasteiger partial charge in [0.25, 0.3) is 0 Å². The van der Waals surface area contributed by atoms with Crippen LogP contribution >= 0.6 is 11.6 Å². The Balaban J connectivity index is 0.000000151. The summed E-state index contributed by atoms with van der Waals surface area (Å²) in [6.07, 6.45) is 11.9. The Bertz CT molecular complexity index is 2100. The van der Waals surface area contributed by atoms with E-state index < -0.39 is 21.4 Å². The molecule has 1 aliphatic heterocycles. The van der Waals surface area contributed by atoms with Crippen LogP contribution in [0.5, 0.6) is 0 Å². The van der Waals surface area contributed by atoms with Crippen LogP contribution in [0.25, 0.3) is 29.1 Å². The van der Waals surface area contributed by atoms with Crippen LogP contribution in [0.2, 0.25) is 5.15 Å². The number of halogens is 1. The molecule has 4 aromatic heterocycles. The highest BCUT2D eigenvalue weighted by Gasteiger charge is 2.36. The summed E-state index contributed by atoms with van der Waals surface area (Å²) in [4.78, 5) is 36.5. The van der Waals surface area contributed by atoms with Crippen molar-refractivity contribution in [3.05, 3.63) is 91.5 Å². The van der Waals surface area contributed by atoms with Gasteiger partial charge in [0.05, 0.1) is 5.69 Å². The van der Waals surface area contributed by atoms with Crippen LogP contribution in [-0.2, 0) is 13.7 Å². The van der Waals surface area contributed by atoms with Crippen molar-refractivity contribution in [1.82, 2.24) is 39.9 Å². The van der Waals surface area contributed by atoms with Gasteiger partial charge in [-0.1, -0.05) is 48.2 Å². The third-order valence-electron chi connectivity index (χ3n) is 11.5. The van der Waals surface area contributed by atoms with Gasteiger partial charge in [0.1, 0.15) is 16.5 Å². The zero-order valence-electron chi connectivity index (χ0n) is 36.8. The molecule has 1 saturated heterocycles. The zero-order valence-corrected chi connectivity index (χ0v) is 37.5. The Morgan fingerprint density at radius 1 is 0.508 bits per heavy atom. The third kappa shape index (κ3) is 13.9. The Kier molecular flexibility index (Phi) is 15.6. The lowest BCUT2D eigenvalue weighted by atomic mass is 9.70. The van der Waals surface area contributed by atoms with E-state index in [1.165, 1.54) is 51.4 Å². The maximum absolute atomic E-state index is 6.03. The van der Waals surface area contributed by atoms with Crippen molar-refractivity contribution in [2.24, 2.45) is 23.7 Å². The number of anilines is 4. The van der Waals surface area contributed by atoms with Crippen LogP contribution in [-0.4, -0.2) is 85.4 Å². The summed E-state index contributed by atoms with van der Waals surface area (Å²) in [5, 5.41) is 14.2. The average molecular weight is 871 g/mol. The summed E-state index contributed by atoms with van der Waals surface area (Å²) in [7, 11) is -1.36. The maximum Gasteiger partial charge on any atom is 0.458 e. The van der Waals surface area contributed by atoms with Gasteiger partial charge in [-0.15, -0.1) is 19.7 Å². The lowest BCUT2D eigenvalue weighted by molar-refractivity contribution is 0.306. The molecule has 4 aliphatic carbocycles. The lowest BCUT2D eigenvalue weighted by Crippen LogP contribution is -2.46. The van der Waals surface area contributed by atoms with E-state index in [9.17, 15) is 0 Å². The Morgan fingerprint density at radius 3 is 1.14 bits per heavy atom. The molecule has 0 radical (unpaired) electrons. The summed E-state index contributed by atoms with van der Waals surface area (Å²) >= 11 is 6.03. The third-order valence-corrected chi connectivity index (χ3v) is 11.8. The van der Waals surface area contributed by atoms with E-state index in [1.54, 1.807) is 30.1 Å². The minimum atomic E-state index is -0.454. The summed E-state index contributed by atoms with van der Waals surface area (Å²) in [6, 6.07) is 12.7. The van der Waals surface area contributed by atoms with Gasteiger partial charge in [0, 0.05) is 24.2 Å². The average Bonchev–Trinajstić information content (AvgIpc) is 4.10. The molecule has 0 amide bonds. The summed E-state index contributed by atoms with van der Waals surface area (Å²) in [5.41, 5.74) is 2.19. The fourth-order valence-electron chi connectivity index (χ4n) is 6.96. The number of hydrogen-bond acceptors (Lipinski definition) is 15. The molecule has 4 atom stereocenters. The molecule has 0 spiro atoms. The van der Waals surface area contributed by atoms with Gasteiger partial charge < -0.3 is 35.0 Å². The van der Waals surface area contributed by atoms with Gasteiger partial charge in [-0.25, -0.2) is 9.97 Å². The number of nitrogens with zero attached hydrogens (tertiary/aromatic N) is 8. The fraction of sp³-hybridized carbons (Fsp3) is 0.455. The standard InChI is InChI=1S/C20H26N6.C18H23ClN6.C6H9B3O3/c1-4-16-6-5-7-17(23-16)18-24-19(21-12(2)14-8-9-14)26-20(25-18)22-13(3)15-10-11-15;1-10(12-6-7-12)20-17-23-16(14-4-3-5-15(19)22-14)24-18(25-17)21-11(2)13-8-9-13;1-4-7-10-8(5-2)12-9(6-3)11-7/h4-7,12-15H,1,8-11H2,2-3H3,(H2,21,22,24,25,26);3-5,10-13H,6-9H2,1-2H3,(H2,20,21,23,24,25);4-6H,1-3H2/t12-,13-;10-,11-;/m11./s1. The minimum absolute atomic E-state index is 0.358. The van der Waals surface area contributed by atoms with Crippen LogP contribution in [0.15, 0.2) is 80.6 Å². The lowest BCUT2D eigenvalue weighted by Gasteiger charge is -2.26. The van der Waals surface area contributed by atoms with Crippen LogP contribution < -0.4 is 21.3 Å². The molecule has 9 rings (SSSR count). The number of hydrogen-bond donors (Lipinski definition) is 4. The second-order valence-electron chi connectivity index (χ2n) is 16.9. The normalized spacial score (nSPS) is 18.8. The van der Waals surface area contributed by atoms with E-state index in [1.807, 2.05) is 30.3 Å². The molecule has 4 saturated carbocycles. The number of rotatable bonds is 18. The first kappa shape index (κ1) is 45.9. The highest BCUT2D eigenvalue weighted by atomic mass is 35.5. The molecular weight excluding hydrogens is 812 g/mol. The predicted molar refractivity (Wildman–Crippen MR) is 256 cm³/mol. The smallest absolute Gasteiger partial charge is 0.445 e. The van der Waals surface area contributed by atoms with Crippen LogP contribution in [0, 0.1) is 23.7 Å². The molecular formula is C44H58B3ClN12O3. The van der Waals surface area contributed by atoms with Gasteiger partial charge in [-0.05, 0) is 133 Å². The molecule has 5 heterocycles. The molecule has 4 N–H and O–H groups in total. The zero-order chi connectivity index (χ0) is 44.5. The molecule has 63 heavy (non-hydrogen) atoms. The van der Waals surface area contributed by atoms with E-state index in [0.717, 1.165) is 23.2 Å². The first-order valence-electron chi connectivity index (χ1n) is 22.2. The van der Waals surface area contributed by atoms with E-state index in [4.69, 9.17) is 25.3 Å². The number of aromatic nitrogens is 8. The topological polar surface area (TPSA) is 179 Å². The maximum atomic E-state index is 6.03. The largest absolute Gasteiger partial charge is 0.458 e. The monoisotopic (exact) mass is 870 g/mol. The summed E-state index contributed by atoms with van der Waals surface area (Å²) < 4.78 is 15.6. The van der Waals surface area contributed by atoms with Crippen LogP contribution in [0.1, 0.15) is 84.8 Å². The van der Waals surface area contributed by atoms with E-state index in [0.29, 0.717) is 82.3 Å². The number of nitrogens with one attached hydrogen (secondary N) is 4. The van der Waals surface area contributed by atoms with E-state index in [2.05, 4.69) is 115 Å². The summed E-state index contributed by atoms with van der Waals surface area (Å²) in [5.74, 6) is 11.1. The van der Waals surface area contributed by atoms with Gasteiger partial charge >= 0.3 is 21.4 Å². The second kappa shape index (κ2) is 21.5. The van der Waals surface area contributed by atoms with Gasteiger partial charge in [-0.2, -0.15) is 29.9 Å². The van der Waals surface area contributed by atoms with Crippen molar-refractivity contribution < 1.29 is 13.7 Å². The first-order valence-corrected chi connectivity index (χ1v) is 22.5. The molecule has 0 aromatic carbocycles. The second-order valence-corrected chi connectivity index (χ2v) is 17.3. The van der Waals surface area contributed by atoms with Crippen molar-refractivity contribution >= 4 is 62.8 Å². The Labute approximate surface area is 377 Å². The van der Waals surface area contributed by atoms with Crippen molar-refractivity contribution in [2.45, 2.75) is 103 Å². The molecule has 5 aliphatic rings. The van der Waals surface area contributed by atoms with Gasteiger partial charge in [-0.3, -0.25) is 0 Å². The predicted octanol–water partition coefficient (Wildman–Crippen LogP) is 8.70. The SMILES string of the molecule is C=CB1OB(C=C)OB(C=C)O1.C=Cc1cccc(-c2nc(N[C@H](C)C3CC3)nc(N[C@H](C)C3CC3)n2)n1.C[C@@H](Nc1nc(N[C@H](C)C2CC2)nc(-c2cccc(Cl)n2)n1)C1CC1. The first-order chi connectivity index (χ1) is 30.5. The summed E-state index contributed by atoms with van der Waals surface area (Å²) in [6.45, 7) is 23.2. The highest BCUT2D eigenvalue weighted by Crippen LogP contribution is 2.36.